The van der Waals surface area contributed by atoms with Crippen LogP contribution in [0.5, 0.6) is 0 Å². The predicted octanol–water partition coefficient (Wildman–Crippen LogP) is 2.11. The predicted molar refractivity (Wildman–Crippen MR) is 85.2 cm³/mol. The molecule has 1 aliphatic rings. The monoisotopic (exact) mass is 276 g/mol. The van der Waals surface area contributed by atoms with E-state index < -0.39 is 0 Å². The van der Waals surface area contributed by atoms with Crippen LogP contribution in [-0.2, 0) is 6.54 Å². The molecule has 0 saturated carbocycles. The quantitative estimate of drug-likeness (QED) is 0.913. The summed E-state index contributed by atoms with van der Waals surface area (Å²) in [5.41, 5.74) is 1.40. The van der Waals surface area contributed by atoms with Crippen molar-refractivity contribution >= 4 is 5.82 Å². The summed E-state index contributed by atoms with van der Waals surface area (Å²) in [5, 5.41) is 3.33. The normalized spacial score (nSPS) is 17.5. The van der Waals surface area contributed by atoms with E-state index in [-0.39, 0.29) is 5.54 Å². The minimum Gasteiger partial charge on any atom is -0.354 e. The molecule has 2 rings (SSSR count). The highest BCUT2D eigenvalue weighted by Crippen LogP contribution is 2.19. The molecular formula is C16H28N4. The Morgan fingerprint density at radius 3 is 2.45 bits per heavy atom. The number of aromatic nitrogens is 1. The first-order chi connectivity index (χ1) is 9.50. The number of pyridine rings is 1. The van der Waals surface area contributed by atoms with Crippen LogP contribution in [0.25, 0.3) is 0 Å². The second-order valence-corrected chi connectivity index (χ2v) is 6.41. The lowest BCUT2D eigenvalue weighted by molar-refractivity contribution is 0.128. The molecule has 20 heavy (non-hydrogen) atoms. The van der Waals surface area contributed by atoms with E-state index in [1.807, 2.05) is 0 Å². The van der Waals surface area contributed by atoms with Gasteiger partial charge in [-0.3, -0.25) is 4.90 Å². The third-order valence-corrected chi connectivity index (χ3v) is 3.90. The molecule has 0 radical (unpaired) electrons. The van der Waals surface area contributed by atoms with E-state index in [0.717, 1.165) is 50.8 Å². The molecule has 1 aromatic heterocycles. The maximum atomic E-state index is 4.77. The Kier molecular flexibility index (Phi) is 5.00. The molecule has 0 bridgehead atoms. The van der Waals surface area contributed by atoms with Gasteiger partial charge in [-0.25, -0.2) is 4.98 Å². The molecule has 0 aliphatic carbocycles. The first-order valence-electron chi connectivity index (χ1n) is 7.67. The van der Waals surface area contributed by atoms with Gasteiger partial charge < -0.3 is 10.2 Å². The van der Waals surface area contributed by atoms with Crippen LogP contribution in [0.1, 0.15) is 33.4 Å². The van der Waals surface area contributed by atoms with Gasteiger partial charge in [-0.15, -0.1) is 0 Å². The number of nitrogens with one attached hydrogen (secondary N) is 1. The summed E-state index contributed by atoms with van der Waals surface area (Å²) in [6.07, 6.45) is 0. The SMILES string of the molecule is CCNCc1cccc(N2CCN(C(C)(C)C)CC2)n1. The lowest BCUT2D eigenvalue weighted by Gasteiger charge is -2.42. The Hall–Kier alpha value is -1.13. The molecule has 0 unspecified atom stereocenters. The number of hydrogen-bond donors (Lipinski definition) is 1. The molecule has 4 nitrogen and oxygen atoms in total. The van der Waals surface area contributed by atoms with Crippen LogP contribution < -0.4 is 10.2 Å². The topological polar surface area (TPSA) is 31.4 Å². The lowest BCUT2D eigenvalue weighted by atomic mass is 10.1. The Bertz CT molecular complexity index is 417. The third-order valence-electron chi connectivity index (χ3n) is 3.90. The van der Waals surface area contributed by atoms with Crippen LogP contribution in [-0.4, -0.2) is 48.1 Å². The van der Waals surface area contributed by atoms with E-state index in [1.54, 1.807) is 0 Å². The van der Waals surface area contributed by atoms with Gasteiger partial charge >= 0.3 is 0 Å². The molecule has 0 amide bonds. The summed E-state index contributed by atoms with van der Waals surface area (Å²) in [7, 11) is 0. The van der Waals surface area contributed by atoms with Gasteiger partial charge in [0.25, 0.3) is 0 Å². The van der Waals surface area contributed by atoms with E-state index in [1.165, 1.54) is 0 Å². The van der Waals surface area contributed by atoms with Crippen LogP contribution in [0.4, 0.5) is 5.82 Å². The van der Waals surface area contributed by atoms with E-state index in [2.05, 4.69) is 61.0 Å². The molecule has 1 aliphatic heterocycles. The maximum Gasteiger partial charge on any atom is 0.128 e. The average Bonchev–Trinajstić information content (AvgIpc) is 2.45. The highest BCUT2D eigenvalue weighted by molar-refractivity contribution is 5.40. The van der Waals surface area contributed by atoms with Gasteiger partial charge in [0, 0.05) is 38.3 Å². The third kappa shape index (κ3) is 3.93. The van der Waals surface area contributed by atoms with Crippen LogP contribution in [0, 0.1) is 0 Å². The number of rotatable bonds is 4. The van der Waals surface area contributed by atoms with E-state index >= 15 is 0 Å². The maximum absolute atomic E-state index is 4.77. The standard InChI is InChI=1S/C16H28N4/c1-5-17-13-14-7-6-8-15(18-14)19-9-11-20(12-10-19)16(2,3)4/h6-8,17H,5,9-13H2,1-4H3. The van der Waals surface area contributed by atoms with Gasteiger partial charge in [-0.1, -0.05) is 13.0 Å². The van der Waals surface area contributed by atoms with Gasteiger partial charge in [0.15, 0.2) is 0 Å². The van der Waals surface area contributed by atoms with Crippen molar-refractivity contribution in [3.63, 3.8) is 0 Å². The summed E-state index contributed by atoms with van der Waals surface area (Å²) in [5.74, 6) is 1.12. The summed E-state index contributed by atoms with van der Waals surface area (Å²) < 4.78 is 0. The Balaban J connectivity index is 1.96. The minimum absolute atomic E-state index is 0.270. The van der Waals surface area contributed by atoms with Crippen molar-refractivity contribution < 1.29 is 0 Å². The molecule has 1 aromatic rings. The molecule has 2 heterocycles. The summed E-state index contributed by atoms with van der Waals surface area (Å²) in [4.78, 5) is 9.71. The first-order valence-corrected chi connectivity index (χ1v) is 7.67. The van der Waals surface area contributed by atoms with Crippen molar-refractivity contribution in [2.24, 2.45) is 0 Å². The van der Waals surface area contributed by atoms with E-state index in [0.29, 0.717) is 0 Å². The molecule has 0 spiro atoms. The zero-order valence-electron chi connectivity index (χ0n) is 13.3. The average molecular weight is 276 g/mol. The fourth-order valence-corrected chi connectivity index (χ4v) is 2.60. The highest BCUT2D eigenvalue weighted by Gasteiger charge is 2.26. The molecule has 1 saturated heterocycles. The number of anilines is 1. The Labute approximate surface area is 123 Å². The molecule has 0 atom stereocenters. The largest absolute Gasteiger partial charge is 0.354 e. The van der Waals surface area contributed by atoms with Crippen molar-refractivity contribution in [2.45, 2.75) is 39.8 Å². The fourth-order valence-electron chi connectivity index (χ4n) is 2.60. The molecular weight excluding hydrogens is 248 g/mol. The van der Waals surface area contributed by atoms with Gasteiger partial charge in [0.1, 0.15) is 5.82 Å². The molecule has 0 aromatic carbocycles. The fraction of sp³-hybridized carbons (Fsp3) is 0.688. The molecule has 1 N–H and O–H groups in total. The van der Waals surface area contributed by atoms with Crippen molar-refractivity contribution in [3.05, 3.63) is 23.9 Å². The Morgan fingerprint density at radius 1 is 1.15 bits per heavy atom. The Morgan fingerprint density at radius 2 is 1.85 bits per heavy atom. The van der Waals surface area contributed by atoms with Crippen molar-refractivity contribution in [1.29, 1.82) is 0 Å². The smallest absolute Gasteiger partial charge is 0.128 e. The van der Waals surface area contributed by atoms with Gasteiger partial charge in [-0.05, 0) is 39.4 Å². The first kappa shape index (κ1) is 15.3. The van der Waals surface area contributed by atoms with Crippen LogP contribution in [0.2, 0.25) is 0 Å². The summed E-state index contributed by atoms with van der Waals surface area (Å²) in [6.45, 7) is 15.2. The van der Waals surface area contributed by atoms with Crippen LogP contribution in [0.3, 0.4) is 0 Å². The second-order valence-electron chi connectivity index (χ2n) is 6.41. The van der Waals surface area contributed by atoms with E-state index in [4.69, 9.17) is 4.98 Å². The van der Waals surface area contributed by atoms with Gasteiger partial charge in [-0.2, -0.15) is 0 Å². The molecule has 1 fully saturated rings. The van der Waals surface area contributed by atoms with Gasteiger partial charge in [0.05, 0.1) is 5.69 Å². The molecule has 4 heteroatoms. The summed E-state index contributed by atoms with van der Waals surface area (Å²) in [6, 6.07) is 6.34. The zero-order valence-corrected chi connectivity index (χ0v) is 13.3. The summed E-state index contributed by atoms with van der Waals surface area (Å²) >= 11 is 0. The van der Waals surface area contributed by atoms with Crippen LogP contribution >= 0.6 is 0 Å². The number of piperazine rings is 1. The van der Waals surface area contributed by atoms with Crippen molar-refractivity contribution in [2.75, 3.05) is 37.6 Å². The zero-order chi connectivity index (χ0) is 14.6. The number of hydrogen-bond acceptors (Lipinski definition) is 4. The molecule has 112 valence electrons. The van der Waals surface area contributed by atoms with E-state index in [9.17, 15) is 0 Å². The second kappa shape index (κ2) is 6.55. The van der Waals surface area contributed by atoms with Crippen molar-refractivity contribution in [1.82, 2.24) is 15.2 Å². The minimum atomic E-state index is 0.270. The van der Waals surface area contributed by atoms with Crippen molar-refractivity contribution in [3.8, 4) is 0 Å². The van der Waals surface area contributed by atoms with Gasteiger partial charge in [0.2, 0.25) is 0 Å². The van der Waals surface area contributed by atoms with Crippen LogP contribution in [0.15, 0.2) is 18.2 Å². The highest BCUT2D eigenvalue weighted by atomic mass is 15.3. The lowest BCUT2D eigenvalue weighted by Crippen LogP contribution is -2.53. The number of nitrogens with zero attached hydrogens (tertiary/aromatic N) is 3.